The fraction of sp³-hybridized carbons (Fsp3) is 0.0769. The summed E-state index contributed by atoms with van der Waals surface area (Å²) in [5.74, 6) is 0.565. The maximum Gasteiger partial charge on any atom is 0.146 e. The molecule has 0 aliphatic carbocycles. The lowest BCUT2D eigenvalue weighted by molar-refractivity contribution is 0.474. The minimum atomic E-state index is -0.356. The normalized spacial score (nSPS) is 10.4. The van der Waals surface area contributed by atoms with Crippen LogP contribution in [-0.4, -0.2) is 0 Å². The van der Waals surface area contributed by atoms with E-state index in [1.807, 2.05) is 0 Å². The highest BCUT2D eigenvalue weighted by molar-refractivity contribution is 6.35. The minimum absolute atomic E-state index is 0.179. The molecular weight excluding hydrogens is 276 g/mol. The van der Waals surface area contributed by atoms with E-state index in [4.69, 9.17) is 33.7 Å². The summed E-state index contributed by atoms with van der Waals surface area (Å²) in [4.78, 5) is 0. The zero-order chi connectivity index (χ0) is 13.1. The molecule has 0 aliphatic rings. The van der Waals surface area contributed by atoms with E-state index in [0.717, 1.165) is 0 Å². The molecule has 0 fully saturated rings. The topological polar surface area (TPSA) is 35.2 Å². The van der Waals surface area contributed by atoms with Crippen molar-refractivity contribution < 1.29 is 9.13 Å². The molecule has 2 nitrogen and oxygen atoms in total. The molecule has 0 aromatic heterocycles. The molecule has 0 saturated heterocycles. The van der Waals surface area contributed by atoms with Gasteiger partial charge in [-0.25, -0.2) is 4.39 Å². The van der Waals surface area contributed by atoms with Gasteiger partial charge in [0.25, 0.3) is 0 Å². The third kappa shape index (κ3) is 2.93. The Morgan fingerprint density at radius 2 is 1.78 bits per heavy atom. The fourth-order valence-electron chi connectivity index (χ4n) is 1.48. The summed E-state index contributed by atoms with van der Waals surface area (Å²) in [7, 11) is 0. The Balaban J connectivity index is 2.33. The number of hydrogen-bond acceptors (Lipinski definition) is 2. The highest BCUT2D eigenvalue weighted by atomic mass is 35.5. The first-order chi connectivity index (χ1) is 8.60. The molecule has 0 bridgehead atoms. The van der Waals surface area contributed by atoms with E-state index in [9.17, 15) is 4.39 Å². The maximum atomic E-state index is 13.1. The number of halogens is 3. The van der Waals surface area contributed by atoms with Crippen molar-refractivity contribution in [1.82, 2.24) is 0 Å². The predicted octanol–water partition coefficient (Wildman–Crippen LogP) is 4.38. The van der Waals surface area contributed by atoms with Gasteiger partial charge < -0.3 is 10.5 Å². The Morgan fingerprint density at radius 1 is 1.06 bits per heavy atom. The van der Waals surface area contributed by atoms with Crippen molar-refractivity contribution in [1.29, 1.82) is 0 Å². The minimum Gasteiger partial charge on any atom is -0.455 e. The summed E-state index contributed by atoms with van der Waals surface area (Å²) < 4.78 is 18.7. The van der Waals surface area contributed by atoms with E-state index >= 15 is 0 Å². The molecule has 94 valence electrons. The second-order valence-electron chi connectivity index (χ2n) is 3.63. The Kier molecular flexibility index (Phi) is 4.07. The second kappa shape index (κ2) is 5.57. The third-order valence-corrected chi connectivity index (χ3v) is 2.89. The van der Waals surface area contributed by atoms with Crippen molar-refractivity contribution in [2.24, 2.45) is 5.73 Å². The van der Waals surface area contributed by atoms with E-state index in [-0.39, 0.29) is 12.4 Å². The van der Waals surface area contributed by atoms with Gasteiger partial charge in [0.15, 0.2) is 0 Å². The van der Waals surface area contributed by atoms with Crippen LogP contribution in [0, 0.1) is 5.82 Å². The summed E-state index contributed by atoms with van der Waals surface area (Å²) in [5, 5.41) is 0.903. The number of nitrogens with two attached hydrogens (primary N) is 1. The van der Waals surface area contributed by atoms with Gasteiger partial charge in [-0.05, 0) is 36.4 Å². The van der Waals surface area contributed by atoms with Crippen LogP contribution in [0.1, 0.15) is 5.56 Å². The first kappa shape index (κ1) is 13.1. The third-order valence-electron chi connectivity index (χ3n) is 2.36. The molecule has 0 unspecified atom stereocenters. The summed E-state index contributed by atoms with van der Waals surface area (Å²) in [5.41, 5.74) is 6.10. The number of ether oxygens (including phenoxy) is 1. The first-order valence-corrected chi connectivity index (χ1v) is 5.97. The monoisotopic (exact) mass is 285 g/mol. The second-order valence-corrected chi connectivity index (χ2v) is 4.48. The molecule has 5 heteroatoms. The predicted molar refractivity (Wildman–Crippen MR) is 70.8 cm³/mol. The zero-order valence-corrected chi connectivity index (χ0v) is 10.8. The van der Waals surface area contributed by atoms with Crippen LogP contribution in [0.15, 0.2) is 36.4 Å². The van der Waals surface area contributed by atoms with Crippen LogP contribution >= 0.6 is 23.2 Å². The van der Waals surface area contributed by atoms with E-state index in [1.165, 1.54) is 18.2 Å². The fourth-order valence-corrected chi connectivity index (χ4v) is 1.93. The van der Waals surface area contributed by atoms with E-state index in [1.54, 1.807) is 18.2 Å². The van der Waals surface area contributed by atoms with E-state index in [0.29, 0.717) is 27.1 Å². The zero-order valence-electron chi connectivity index (χ0n) is 9.29. The Morgan fingerprint density at radius 3 is 2.44 bits per heavy atom. The highest BCUT2D eigenvalue weighted by Gasteiger charge is 2.08. The molecular formula is C13H10Cl2FNO. The number of hydrogen-bond donors (Lipinski definition) is 1. The molecule has 2 aromatic rings. The molecule has 2 rings (SSSR count). The van der Waals surface area contributed by atoms with E-state index in [2.05, 4.69) is 0 Å². The summed E-state index contributed by atoms with van der Waals surface area (Å²) in [6, 6.07) is 9.03. The lowest BCUT2D eigenvalue weighted by atomic mass is 10.2. The van der Waals surface area contributed by atoms with Crippen LogP contribution in [0.2, 0.25) is 10.0 Å². The summed E-state index contributed by atoms with van der Waals surface area (Å²) in [6.45, 7) is 0.179. The van der Waals surface area contributed by atoms with Crippen LogP contribution in [0.3, 0.4) is 0 Å². The van der Waals surface area contributed by atoms with Crippen molar-refractivity contribution in [3.8, 4) is 11.5 Å². The van der Waals surface area contributed by atoms with Crippen molar-refractivity contribution in [3.05, 3.63) is 57.8 Å². The van der Waals surface area contributed by atoms with Gasteiger partial charge in [-0.15, -0.1) is 0 Å². The molecule has 0 spiro atoms. The van der Waals surface area contributed by atoms with Gasteiger partial charge in [0, 0.05) is 17.1 Å². The lowest BCUT2D eigenvalue weighted by Gasteiger charge is -2.11. The largest absolute Gasteiger partial charge is 0.455 e. The number of benzene rings is 2. The van der Waals surface area contributed by atoms with Crippen LogP contribution in [0.25, 0.3) is 0 Å². The molecule has 0 heterocycles. The maximum absolute atomic E-state index is 13.1. The quantitative estimate of drug-likeness (QED) is 0.908. The van der Waals surface area contributed by atoms with Crippen LogP contribution in [0.5, 0.6) is 11.5 Å². The average molecular weight is 286 g/mol. The first-order valence-electron chi connectivity index (χ1n) is 5.21. The molecule has 0 atom stereocenters. The molecule has 0 saturated carbocycles. The van der Waals surface area contributed by atoms with Crippen LogP contribution in [0.4, 0.5) is 4.39 Å². The summed E-state index contributed by atoms with van der Waals surface area (Å²) in [6.07, 6.45) is 0. The van der Waals surface area contributed by atoms with Crippen LogP contribution in [-0.2, 0) is 6.54 Å². The Hall–Kier alpha value is -1.29. The molecule has 0 radical (unpaired) electrons. The highest BCUT2D eigenvalue weighted by Crippen LogP contribution is 2.33. The molecule has 0 aliphatic heterocycles. The SMILES string of the molecule is NCc1cc(F)ccc1Oc1ccc(Cl)cc1Cl. The Labute approximate surface area is 114 Å². The molecule has 18 heavy (non-hydrogen) atoms. The smallest absolute Gasteiger partial charge is 0.146 e. The van der Waals surface area contributed by atoms with Gasteiger partial charge in [0.1, 0.15) is 17.3 Å². The van der Waals surface area contributed by atoms with Crippen LogP contribution < -0.4 is 10.5 Å². The van der Waals surface area contributed by atoms with Gasteiger partial charge in [0.05, 0.1) is 5.02 Å². The Bertz CT molecular complexity index is 575. The standard InChI is InChI=1S/C13H10Cl2FNO/c14-9-1-3-13(11(15)6-9)18-12-4-2-10(16)5-8(12)7-17/h1-6H,7,17H2. The average Bonchev–Trinajstić information content (AvgIpc) is 2.34. The molecule has 2 N–H and O–H groups in total. The van der Waals surface area contributed by atoms with Crippen molar-refractivity contribution in [2.45, 2.75) is 6.54 Å². The lowest BCUT2D eigenvalue weighted by Crippen LogP contribution is -2.00. The van der Waals surface area contributed by atoms with Crippen molar-refractivity contribution in [3.63, 3.8) is 0 Å². The number of rotatable bonds is 3. The van der Waals surface area contributed by atoms with Crippen molar-refractivity contribution in [2.75, 3.05) is 0 Å². The van der Waals surface area contributed by atoms with Gasteiger partial charge in [-0.3, -0.25) is 0 Å². The van der Waals surface area contributed by atoms with Gasteiger partial charge in [0.2, 0.25) is 0 Å². The van der Waals surface area contributed by atoms with E-state index < -0.39 is 0 Å². The van der Waals surface area contributed by atoms with Crippen molar-refractivity contribution >= 4 is 23.2 Å². The van der Waals surface area contributed by atoms with Gasteiger partial charge in [-0.2, -0.15) is 0 Å². The molecule has 2 aromatic carbocycles. The van der Waals surface area contributed by atoms with Gasteiger partial charge >= 0.3 is 0 Å². The van der Waals surface area contributed by atoms with Gasteiger partial charge in [-0.1, -0.05) is 23.2 Å². The summed E-state index contributed by atoms with van der Waals surface area (Å²) >= 11 is 11.8. The molecule has 0 amide bonds.